The van der Waals surface area contributed by atoms with Crippen LogP contribution in [0.2, 0.25) is 0 Å². The lowest BCUT2D eigenvalue weighted by atomic mass is 10.2. The molecule has 4 rings (SSSR count). The third kappa shape index (κ3) is 1.54. The second-order valence-electron chi connectivity index (χ2n) is 3.95. The van der Waals surface area contributed by atoms with Crippen LogP contribution in [0.1, 0.15) is 0 Å². The molecule has 4 aromatic rings. The van der Waals surface area contributed by atoms with E-state index < -0.39 is 0 Å². The summed E-state index contributed by atoms with van der Waals surface area (Å²) in [6.45, 7) is 0. The first-order valence-electron chi connectivity index (χ1n) is 5.50. The molecule has 0 atom stereocenters. The monoisotopic (exact) mass is 267 g/mol. The van der Waals surface area contributed by atoms with Crippen molar-refractivity contribution in [3.8, 4) is 10.6 Å². The van der Waals surface area contributed by atoms with Crippen LogP contribution < -0.4 is 0 Å². The van der Waals surface area contributed by atoms with Gasteiger partial charge in [0.2, 0.25) is 0 Å². The predicted molar refractivity (Wildman–Crippen MR) is 77.1 cm³/mol. The zero-order chi connectivity index (χ0) is 11.9. The summed E-state index contributed by atoms with van der Waals surface area (Å²) in [5, 5.41) is 1.06. The molecule has 0 aliphatic rings. The van der Waals surface area contributed by atoms with Crippen LogP contribution in [-0.4, -0.2) is 9.97 Å². The average Bonchev–Trinajstić information content (AvgIpc) is 3.04. The highest BCUT2D eigenvalue weighted by Gasteiger charge is 2.07. The molecule has 0 aliphatic carbocycles. The van der Waals surface area contributed by atoms with Crippen LogP contribution >= 0.6 is 22.7 Å². The number of hydrogen-bond donors (Lipinski definition) is 0. The summed E-state index contributed by atoms with van der Waals surface area (Å²) in [6, 6.07) is 15.3. The van der Waals surface area contributed by atoms with Crippen molar-refractivity contribution in [1.29, 1.82) is 0 Å². The largest absolute Gasteiger partial charge is 0.245 e. The van der Waals surface area contributed by atoms with Crippen LogP contribution in [0.3, 0.4) is 0 Å². The molecular weight excluding hydrogens is 260 g/mol. The van der Waals surface area contributed by atoms with Crippen molar-refractivity contribution in [1.82, 2.24) is 9.97 Å². The van der Waals surface area contributed by atoms with E-state index in [1.807, 2.05) is 17.6 Å². The van der Waals surface area contributed by atoms with E-state index in [0.717, 1.165) is 21.6 Å². The van der Waals surface area contributed by atoms with E-state index in [2.05, 4.69) is 40.3 Å². The molecule has 2 aromatic heterocycles. The quantitative estimate of drug-likeness (QED) is 0.511. The minimum atomic E-state index is 1.02. The number of aromatic nitrogens is 2. The van der Waals surface area contributed by atoms with Gasteiger partial charge in [-0.05, 0) is 36.4 Å². The number of benzene rings is 2. The minimum Gasteiger partial charge on any atom is -0.245 e. The number of hydrogen-bond acceptors (Lipinski definition) is 4. The molecule has 1 radical (unpaired) electrons. The molecular formula is C14H7N2S2. The first kappa shape index (κ1) is 10.2. The maximum atomic E-state index is 4.65. The second-order valence-corrected chi connectivity index (χ2v) is 5.86. The Morgan fingerprint density at radius 1 is 1.06 bits per heavy atom. The van der Waals surface area contributed by atoms with Gasteiger partial charge in [0, 0.05) is 5.56 Å². The van der Waals surface area contributed by atoms with Gasteiger partial charge in [-0.2, -0.15) is 0 Å². The highest BCUT2D eigenvalue weighted by Crippen LogP contribution is 2.32. The first-order chi connectivity index (χ1) is 8.90. The molecule has 2 nitrogen and oxygen atoms in total. The maximum absolute atomic E-state index is 4.65. The molecule has 0 amide bonds. The van der Waals surface area contributed by atoms with Crippen molar-refractivity contribution < 1.29 is 0 Å². The van der Waals surface area contributed by atoms with E-state index in [9.17, 15) is 0 Å². The Morgan fingerprint density at radius 2 is 2.06 bits per heavy atom. The fraction of sp³-hybridized carbons (Fsp3) is 0. The fourth-order valence-corrected chi connectivity index (χ4v) is 3.59. The van der Waals surface area contributed by atoms with E-state index >= 15 is 0 Å². The van der Waals surface area contributed by atoms with Gasteiger partial charge >= 0.3 is 0 Å². The minimum absolute atomic E-state index is 1.02. The molecule has 0 N–H and O–H groups in total. The molecule has 2 heterocycles. The lowest BCUT2D eigenvalue weighted by Crippen LogP contribution is -1.75. The fourth-order valence-electron chi connectivity index (χ4n) is 1.93. The predicted octanol–water partition coefficient (Wildman–Crippen LogP) is 4.37. The summed E-state index contributed by atoms with van der Waals surface area (Å²) >= 11 is 3.38. The van der Waals surface area contributed by atoms with Crippen LogP contribution in [0.15, 0.2) is 41.9 Å². The zero-order valence-corrected chi connectivity index (χ0v) is 10.9. The van der Waals surface area contributed by atoms with Crippen molar-refractivity contribution in [2.24, 2.45) is 0 Å². The Labute approximate surface area is 112 Å². The molecule has 0 bridgehead atoms. The third-order valence-corrected chi connectivity index (χ3v) is 4.69. The Hall–Kier alpha value is -1.78. The lowest BCUT2D eigenvalue weighted by Gasteiger charge is -1.95. The van der Waals surface area contributed by atoms with E-state index in [1.165, 1.54) is 9.40 Å². The van der Waals surface area contributed by atoms with Crippen molar-refractivity contribution in [2.45, 2.75) is 0 Å². The van der Waals surface area contributed by atoms with Crippen molar-refractivity contribution in [3.63, 3.8) is 0 Å². The SMILES string of the molecule is [c]1ccc2sc(-c3ccc4ncsc4c3)nc2c1. The van der Waals surface area contributed by atoms with E-state index in [1.54, 1.807) is 22.7 Å². The third-order valence-electron chi connectivity index (χ3n) is 2.81. The molecule has 0 unspecified atom stereocenters. The zero-order valence-electron chi connectivity index (χ0n) is 9.25. The highest BCUT2D eigenvalue weighted by molar-refractivity contribution is 7.21. The van der Waals surface area contributed by atoms with Crippen molar-refractivity contribution in [2.75, 3.05) is 0 Å². The molecule has 0 saturated heterocycles. The summed E-state index contributed by atoms with van der Waals surface area (Å²) < 4.78 is 2.41. The Morgan fingerprint density at radius 3 is 3.00 bits per heavy atom. The molecule has 0 saturated carbocycles. The van der Waals surface area contributed by atoms with E-state index in [-0.39, 0.29) is 0 Å². The summed E-state index contributed by atoms with van der Waals surface area (Å²) in [7, 11) is 0. The van der Waals surface area contributed by atoms with Crippen LogP contribution in [-0.2, 0) is 0 Å². The molecule has 4 heteroatoms. The molecule has 0 aliphatic heterocycles. The van der Waals surface area contributed by atoms with Crippen LogP contribution in [0, 0.1) is 6.07 Å². The van der Waals surface area contributed by atoms with Gasteiger partial charge in [-0.1, -0.05) is 6.07 Å². The van der Waals surface area contributed by atoms with Gasteiger partial charge < -0.3 is 0 Å². The maximum Gasteiger partial charge on any atom is 0.124 e. The Kier molecular flexibility index (Phi) is 2.18. The summed E-state index contributed by atoms with van der Waals surface area (Å²) in [5.41, 5.74) is 5.11. The first-order valence-corrected chi connectivity index (χ1v) is 7.20. The number of nitrogens with zero attached hydrogens (tertiary/aromatic N) is 2. The Bertz CT molecular complexity index is 812. The molecule has 85 valence electrons. The summed E-state index contributed by atoms with van der Waals surface area (Å²) in [6.07, 6.45) is 0. The van der Waals surface area contributed by atoms with Crippen LogP contribution in [0.5, 0.6) is 0 Å². The molecule has 0 spiro atoms. The van der Waals surface area contributed by atoms with E-state index in [0.29, 0.717) is 0 Å². The van der Waals surface area contributed by atoms with Gasteiger partial charge in [-0.15, -0.1) is 22.7 Å². The standard InChI is InChI=1S/C14H7N2S2/c1-2-4-12-11(3-1)16-14(18-12)9-5-6-10-13(7-9)17-8-15-10/h2-8H. The van der Waals surface area contributed by atoms with Gasteiger partial charge in [0.15, 0.2) is 0 Å². The molecule has 18 heavy (non-hydrogen) atoms. The van der Waals surface area contributed by atoms with Crippen molar-refractivity contribution in [3.05, 3.63) is 48.0 Å². The van der Waals surface area contributed by atoms with Gasteiger partial charge in [0.05, 0.1) is 25.9 Å². The summed E-state index contributed by atoms with van der Waals surface area (Å²) in [5.74, 6) is 0. The van der Waals surface area contributed by atoms with Crippen molar-refractivity contribution >= 4 is 43.1 Å². The van der Waals surface area contributed by atoms with E-state index in [4.69, 9.17) is 0 Å². The number of rotatable bonds is 1. The van der Waals surface area contributed by atoms with Gasteiger partial charge in [-0.3, -0.25) is 0 Å². The second kappa shape index (κ2) is 3.86. The normalized spacial score (nSPS) is 11.3. The van der Waals surface area contributed by atoms with Gasteiger partial charge in [-0.25, -0.2) is 9.97 Å². The number of thiazole rings is 2. The number of fused-ring (bicyclic) bond motifs is 2. The average molecular weight is 267 g/mol. The lowest BCUT2D eigenvalue weighted by molar-refractivity contribution is 1.47. The smallest absolute Gasteiger partial charge is 0.124 e. The topological polar surface area (TPSA) is 25.8 Å². The molecule has 0 fully saturated rings. The Balaban J connectivity index is 1.94. The van der Waals surface area contributed by atoms with Gasteiger partial charge in [0.25, 0.3) is 0 Å². The van der Waals surface area contributed by atoms with Crippen LogP contribution in [0.4, 0.5) is 0 Å². The summed E-state index contributed by atoms with van der Waals surface area (Å²) in [4.78, 5) is 8.94. The van der Waals surface area contributed by atoms with Crippen LogP contribution in [0.25, 0.3) is 31.0 Å². The highest BCUT2D eigenvalue weighted by atomic mass is 32.1. The van der Waals surface area contributed by atoms with Gasteiger partial charge in [0.1, 0.15) is 5.01 Å². The molecule has 2 aromatic carbocycles.